The number of nitrogens with two attached hydrogens (primary N) is 1. The zero-order valence-electron chi connectivity index (χ0n) is 14.2. The first kappa shape index (κ1) is 18.8. The first-order chi connectivity index (χ1) is 12.4. The zero-order valence-corrected chi connectivity index (χ0v) is 14.2. The van der Waals surface area contributed by atoms with Crippen LogP contribution in [0.1, 0.15) is 27.6 Å². The molecule has 0 atom stereocenters. The average Bonchev–Trinajstić information content (AvgIpc) is 2.62. The lowest BCUT2D eigenvalue weighted by molar-refractivity contribution is 0.0693. The summed E-state index contributed by atoms with van der Waals surface area (Å²) in [5.74, 6) is -1.23. The van der Waals surface area contributed by atoms with E-state index >= 15 is 0 Å². The third kappa shape index (κ3) is 4.51. The lowest BCUT2D eigenvalue weighted by atomic mass is 10.1. The van der Waals surface area contributed by atoms with Crippen molar-refractivity contribution in [3.8, 4) is 11.5 Å². The molecular formula is C20H19NO5. The highest BCUT2D eigenvalue weighted by Gasteiger charge is 2.10. The molecule has 1 amide bonds. The van der Waals surface area contributed by atoms with Gasteiger partial charge in [0.25, 0.3) is 5.91 Å². The van der Waals surface area contributed by atoms with Gasteiger partial charge in [0.15, 0.2) is 0 Å². The summed E-state index contributed by atoms with van der Waals surface area (Å²) in [4.78, 5) is 21.5. The minimum atomic E-state index is -1.12. The van der Waals surface area contributed by atoms with Gasteiger partial charge < -0.3 is 20.7 Å². The number of hydrogen-bond acceptors (Lipinski definition) is 4. The van der Waals surface area contributed by atoms with Crippen LogP contribution in [0.15, 0.2) is 60.7 Å². The Morgan fingerprint density at radius 1 is 0.962 bits per heavy atom. The third-order valence-corrected chi connectivity index (χ3v) is 3.55. The van der Waals surface area contributed by atoms with Gasteiger partial charge in [-0.2, -0.15) is 0 Å². The van der Waals surface area contributed by atoms with Gasteiger partial charge in [-0.15, -0.1) is 0 Å². The molecule has 0 spiro atoms. The molecule has 0 aliphatic carbocycles. The van der Waals surface area contributed by atoms with Crippen LogP contribution < -0.4 is 10.5 Å². The van der Waals surface area contributed by atoms with E-state index in [4.69, 9.17) is 15.6 Å². The van der Waals surface area contributed by atoms with Gasteiger partial charge >= 0.3 is 5.97 Å². The highest BCUT2D eigenvalue weighted by Crippen LogP contribution is 2.24. The summed E-state index contributed by atoms with van der Waals surface area (Å²) in [5.41, 5.74) is 5.49. The quantitative estimate of drug-likeness (QED) is 0.666. The molecule has 0 bridgehead atoms. The predicted molar refractivity (Wildman–Crippen MR) is 98.7 cm³/mol. The molecule has 3 aromatic rings. The molecule has 26 heavy (non-hydrogen) atoms. The summed E-state index contributed by atoms with van der Waals surface area (Å²) < 4.78 is 5.20. The van der Waals surface area contributed by atoms with Gasteiger partial charge in [0.2, 0.25) is 0 Å². The van der Waals surface area contributed by atoms with Crippen LogP contribution in [0.25, 0.3) is 10.8 Å². The molecule has 6 nitrogen and oxygen atoms in total. The Bertz CT molecular complexity index is 936. The highest BCUT2D eigenvalue weighted by atomic mass is 16.5. The number of carboxylic acids is 1. The second-order valence-corrected chi connectivity index (χ2v) is 5.32. The number of aromatic carboxylic acids is 1. The Balaban J connectivity index is 0.000000190. The van der Waals surface area contributed by atoms with E-state index in [-0.39, 0.29) is 11.3 Å². The first-order valence-electron chi connectivity index (χ1n) is 7.90. The fourth-order valence-electron chi connectivity index (χ4n) is 2.35. The molecular weight excluding hydrogens is 334 g/mol. The number of aromatic hydroxyl groups is 1. The molecule has 0 aliphatic rings. The summed E-state index contributed by atoms with van der Waals surface area (Å²) in [6, 6.07) is 17.1. The molecule has 0 aromatic heterocycles. The van der Waals surface area contributed by atoms with Crippen molar-refractivity contribution >= 4 is 22.6 Å². The maximum absolute atomic E-state index is 10.8. The molecule has 3 aromatic carbocycles. The number of benzene rings is 3. The number of primary amides is 1. The minimum Gasteiger partial charge on any atom is -0.507 e. The van der Waals surface area contributed by atoms with Crippen molar-refractivity contribution < 1.29 is 24.5 Å². The van der Waals surface area contributed by atoms with Crippen LogP contribution in [0.3, 0.4) is 0 Å². The second kappa shape index (κ2) is 8.53. The van der Waals surface area contributed by atoms with Crippen LogP contribution >= 0.6 is 0 Å². The van der Waals surface area contributed by atoms with E-state index in [0.717, 1.165) is 10.8 Å². The van der Waals surface area contributed by atoms with Gasteiger partial charge in [-0.1, -0.05) is 36.4 Å². The van der Waals surface area contributed by atoms with Crippen LogP contribution in [-0.2, 0) is 0 Å². The standard InChI is InChI=1S/C11H8O3.C9H11NO2/c12-10-6-8-4-2-1-3-7(8)5-9(10)11(13)14;1-2-12-8-6-4-3-5-7(8)9(10)11/h1-6,12H,(H,13,14);3-6H,2H2,1H3,(H2,10,11). The minimum absolute atomic E-state index is 0.0660. The smallest absolute Gasteiger partial charge is 0.339 e. The number of ether oxygens (including phenoxy) is 1. The summed E-state index contributed by atoms with van der Waals surface area (Å²) in [6.07, 6.45) is 0. The molecule has 0 saturated carbocycles. The molecule has 0 saturated heterocycles. The number of carboxylic acid groups (broad SMARTS) is 1. The first-order valence-corrected chi connectivity index (χ1v) is 7.90. The van der Waals surface area contributed by atoms with Crippen LogP contribution in [0.4, 0.5) is 0 Å². The number of rotatable bonds is 4. The van der Waals surface area contributed by atoms with Crippen LogP contribution in [0.2, 0.25) is 0 Å². The molecule has 0 unspecified atom stereocenters. The maximum Gasteiger partial charge on any atom is 0.339 e. The van der Waals surface area contributed by atoms with Gasteiger partial charge in [-0.3, -0.25) is 4.79 Å². The van der Waals surface area contributed by atoms with Crippen molar-refractivity contribution in [2.75, 3.05) is 6.61 Å². The molecule has 0 fully saturated rings. The fraction of sp³-hybridized carbons (Fsp3) is 0.100. The largest absolute Gasteiger partial charge is 0.507 e. The van der Waals surface area contributed by atoms with Crippen molar-refractivity contribution in [2.45, 2.75) is 6.92 Å². The Labute approximate surface area is 150 Å². The van der Waals surface area contributed by atoms with E-state index in [1.807, 2.05) is 25.1 Å². The Hall–Kier alpha value is -3.54. The maximum atomic E-state index is 10.8. The SMILES string of the molecule is CCOc1ccccc1C(N)=O.O=C(O)c1cc2ccccc2cc1O. The van der Waals surface area contributed by atoms with Crippen molar-refractivity contribution in [1.29, 1.82) is 0 Å². The van der Waals surface area contributed by atoms with E-state index in [1.54, 1.807) is 30.3 Å². The number of fused-ring (bicyclic) bond motifs is 1. The van der Waals surface area contributed by atoms with Crippen molar-refractivity contribution in [3.63, 3.8) is 0 Å². The number of carbonyl (C=O) groups is 2. The molecule has 0 radical (unpaired) electrons. The lowest BCUT2D eigenvalue weighted by Crippen LogP contribution is -2.12. The zero-order chi connectivity index (χ0) is 19.1. The Morgan fingerprint density at radius 3 is 2.12 bits per heavy atom. The van der Waals surface area contributed by atoms with E-state index in [2.05, 4.69) is 0 Å². The number of amides is 1. The average molecular weight is 353 g/mol. The van der Waals surface area contributed by atoms with E-state index in [1.165, 1.54) is 12.1 Å². The third-order valence-electron chi connectivity index (χ3n) is 3.55. The molecule has 134 valence electrons. The van der Waals surface area contributed by atoms with Crippen LogP contribution in [0, 0.1) is 0 Å². The Morgan fingerprint density at radius 2 is 1.54 bits per heavy atom. The number of para-hydroxylation sites is 1. The summed E-state index contributed by atoms with van der Waals surface area (Å²) >= 11 is 0. The van der Waals surface area contributed by atoms with Gasteiger partial charge in [0.1, 0.15) is 17.1 Å². The molecule has 6 heteroatoms. The predicted octanol–water partition coefficient (Wildman–Crippen LogP) is 3.43. The van der Waals surface area contributed by atoms with Gasteiger partial charge in [0, 0.05) is 0 Å². The van der Waals surface area contributed by atoms with Crippen LogP contribution in [-0.4, -0.2) is 28.7 Å². The van der Waals surface area contributed by atoms with E-state index in [0.29, 0.717) is 17.9 Å². The van der Waals surface area contributed by atoms with E-state index in [9.17, 15) is 14.7 Å². The van der Waals surface area contributed by atoms with E-state index < -0.39 is 11.9 Å². The van der Waals surface area contributed by atoms with Crippen molar-refractivity contribution in [3.05, 3.63) is 71.8 Å². The van der Waals surface area contributed by atoms with Crippen molar-refractivity contribution in [1.82, 2.24) is 0 Å². The van der Waals surface area contributed by atoms with Crippen LogP contribution in [0.5, 0.6) is 11.5 Å². The number of phenols is 1. The summed E-state index contributed by atoms with van der Waals surface area (Å²) in [5, 5.41) is 19.8. The molecule has 3 rings (SSSR count). The number of carbonyl (C=O) groups excluding carboxylic acids is 1. The summed E-state index contributed by atoms with van der Waals surface area (Å²) in [7, 11) is 0. The second-order valence-electron chi connectivity index (χ2n) is 5.32. The fourth-order valence-corrected chi connectivity index (χ4v) is 2.35. The molecule has 4 N–H and O–H groups in total. The Kier molecular flexibility index (Phi) is 6.16. The normalized spacial score (nSPS) is 9.88. The molecule has 0 aliphatic heterocycles. The van der Waals surface area contributed by atoms with Crippen molar-refractivity contribution in [2.24, 2.45) is 5.73 Å². The lowest BCUT2D eigenvalue weighted by Gasteiger charge is -2.05. The number of hydrogen-bond donors (Lipinski definition) is 3. The topological polar surface area (TPSA) is 110 Å². The summed E-state index contributed by atoms with van der Waals surface area (Å²) in [6.45, 7) is 2.39. The monoisotopic (exact) mass is 353 g/mol. The van der Waals surface area contributed by atoms with Gasteiger partial charge in [-0.25, -0.2) is 4.79 Å². The molecule has 0 heterocycles. The highest BCUT2D eigenvalue weighted by molar-refractivity contribution is 5.97. The van der Waals surface area contributed by atoms with Gasteiger partial charge in [-0.05, 0) is 42.0 Å². The van der Waals surface area contributed by atoms with Gasteiger partial charge in [0.05, 0.1) is 12.2 Å².